The van der Waals surface area contributed by atoms with E-state index < -0.39 is 0 Å². The van der Waals surface area contributed by atoms with E-state index in [2.05, 4.69) is 19.0 Å². The zero-order valence-corrected chi connectivity index (χ0v) is 10.4. The highest BCUT2D eigenvalue weighted by molar-refractivity contribution is 5.45. The molecule has 1 aromatic rings. The second kappa shape index (κ2) is 6.38. The van der Waals surface area contributed by atoms with Crippen molar-refractivity contribution in [3.63, 3.8) is 0 Å². The number of nitrogens with zero attached hydrogens (tertiary/aromatic N) is 1. The molecule has 0 amide bonds. The number of phenols is 1. The lowest BCUT2D eigenvalue weighted by Gasteiger charge is -2.12. The molecule has 1 N–H and O–H groups in total. The maximum Gasteiger partial charge on any atom is 0.161 e. The number of ether oxygens (including phenoxy) is 1. The molecule has 0 saturated heterocycles. The molecule has 3 heteroatoms. The Morgan fingerprint density at radius 1 is 1.31 bits per heavy atom. The van der Waals surface area contributed by atoms with E-state index in [0.717, 1.165) is 24.9 Å². The Morgan fingerprint density at radius 3 is 2.69 bits per heavy atom. The van der Waals surface area contributed by atoms with Crippen LogP contribution in [-0.2, 0) is 6.42 Å². The van der Waals surface area contributed by atoms with Crippen LogP contribution in [0.2, 0.25) is 0 Å². The van der Waals surface area contributed by atoms with Crippen molar-refractivity contribution in [2.45, 2.75) is 19.8 Å². The van der Waals surface area contributed by atoms with Gasteiger partial charge in [-0.25, -0.2) is 0 Å². The molecule has 0 bridgehead atoms. The first-order chi connectivity index (χ1) is 7.65. The predicted molar refractivity (Wildman–Crippen MR) is 66.2 cm³/mol. The number of aromatic hydroxyl groups is 1. The van der Waals surface area contributed by atoms with Crippen molar-refractivity contribution in [3.8, 4) is 11.5 Å². The van der Waals surface area contributed by atoms with Crippen molar-refractivity contribution in [1.29, 1.82) is 0 Å². The predicted octanol–water partition coefficient (Wildman–Crippen LogP) is 2.29. The van der Waals surface area contributed by atoms with Gasteiger partial charge in [-0.2, -0.15) is 0 Å². The van der Waals surface area contributed by atoms with Crippen LogP contribution in [0.4, 0.5) is 0 Å². The van der Waals surface area contributed by atoms with Gasteiger partial charge in [0.05, 0.1) is 6.61 Å². The van der Waals surface area contributed by atoms with Crippen LogP contribution in [0, 0.1) is 0 Å². The Balaban J connectivity index is 2.62. The average Bonchev–Trinajstić information content (AvgIpc) is 2.23. The van der Waals surface area contributed by atoms with Gasteiger partial charge in [-0.05, 0) is 52.0 Å². The Morgan fingerprint density at radius 2 is 2.06 bits per heavy atom. The minimum Gasteiger partial charge on any atom is -0.504 e. The van der Waals surface area contributed by atoms with E-state index in [-0.39, 0.29) is 0 Å². The van der Waals surface area contributed by atoms with Crippen molar-refractivity contribution < 1.29 is 9.84 Å². The number of rotatable bonds is 6. The lowest BCUT2D eigenvalue weighted by atomic mass is 10.1. The van der Waals surface area contributed by atoms with Crippen molar-refractivity contribution in [2.75, 3.05) is 27.2 Å². The summed E-state index contributed by atoms with van der Waals surface area (Å²) in [5.74, 6) is 0.882. The minimum atomic E-state index is 0.295. The zero-order valence-electron chi connectivity index (χ0n) is 10.4. The number of benzene rings is 1. The van der Waals surface area contributed by atoms with Crippen molar-refractivity contribution in [2.24, 2.45) is 0 Å². The third-order valence-corrected chi connectivity index (χ3v) is 2.43. The monoisotopic (exact) mass is 223 g/mol. The molecule has 3 nitrogen and oxygen atoms in total. The summed E-state index contributed by atoms with van der Waals surface area (Å²) in [6.07, 6.45) is 1.92. The van der Waals surface area contributed by atoms with Crippen LogP contribution in [0.15, 0.2) is 18.2 Å². The second-order valence-corrected chi connectivity index (χ2v) is 4.10. The van der Waals surface area contributed by atoms with E-state index in [1.807, 2.05) is 19.1 Å². The summed E-state index contributed by atoms with van der Waals surface area (Å²) in [6, 6.07) is 5.68. The first kappa shape index (κ1) is 12.8. The van der Waals surface area contributed by atoms with E-state index >= 15 is 0 Å². The van der Waals surface area contributed by atoms with Gasteiger partial charge in [0.15, 0.2) is 11.5 Å². The smallest absolute Gasteiger partial charge is 0.161 e. The summed E-state index contributed by atoms with van der Waals surface area (Å²) >= 11 is 0. The summed E-state index contributed by atoms with van der Waals surface area (Å²) in [4.78, 5) is 2.14. The molecule has 0 heterocycles. The van der Waals surface area contributed by atoms with E-state index in [9.17, 15) is 5.11 Å². The number of hydrogen-bond donors (Lipinski definition) is 1. The van der Waals surface area contributed by atoms with Gasteiger partial charge >= 0.3 is 0 Å². The fourth-order valence-corrected chi connectivity index (χ4v) is 1.63. The Bertz CT molecular complexity index is 324. The Hall–Kier alpha value is -1.22. The van der Waals surface area contributed by atoms with Crippen LogP contribution in [0.3, 0.4) is 0 Å². The fraction of sp³-hybridized carbons (Fsp3) is 0.538. The number of aryl methyl sites for hydroxylation is 1. The summed E-state index contributed by atoms with van der Waals surface area (Å²) in [6.45, 7) is 3.52. The Kier molecular flexibility index (Phi) is 5.12. The van der Waals surface area contributed by atoms with Crippen molar-refractivity contribution in [1.82, 2.24) is 4.90 Å². The minimum absolute atomic E-state index is 0.295. The van der Waals surface area contributed by atoms with Crippen LogP contribution in [0.5, 0.6) is 11.5 Å². The van der Waals surface area contributed by atoms with Crippen molar-refractivity contribution >= 4 is 0 Å². The highest BCUT2D eigenvalue weighted by Gasteiger charge is 2.07. The van der Waals surface area contributed by atoms with Gasteiger partial charge in [-0.3, -0.25) is 0 Å². The first-order valence-electron chi connectivity index (χ1n) is 5.73. The zero-order chi connectivity index (χ0) is 12.0. The molecular formula is C13H21NO2. The fourth-order valence-electron chi connectivity index (χ4n) is 1.63. The van der Waals surface area contributed by atoms with Gasteiger partial charge in [-0.1, -0.05) is 12.1 Å². The lowest BCUT2D eigenvalue weighted by molar-refractivity contribution is 0.316. The third kappa shape index (κ3) is 3.74. The summed E-state index contributed by atoms with van der Waals surface area (Å²) in [5.41, 5.74) is 0.966. The number of para-hydroxylation sites is 1. The molecule has 0 aliphatic carbocycles. The standard InChI is InChI=1S/C13H21NO2/c1-4-16-12-9-5-7-11(13(12)15)8-6-10-14(2)3/h5,7,9,15H,4,6,8,10H2,1-3H3. The largest absolute Gasteiger partial charge is 0.504 e. The van der Waals surface area contributed by atoms with Gasteiger partial charge < -0.3 is 14.7 Å². The Labute approximate surface area is 97.7 Å². The maximum absolute atomic E-state index is 9.95. The molecule has 0 radical (unpaired) electrons. The molecule has 1 aromatic carbocycles. The molecular weight excluding hydrogens is 202 g/mol. The molecule has 0 spiro atoms. The molecule has 0 aliphatic heterocycles. The SMILES string of the molecule is CCOc1cccc(CCCN(C)C)c1O. The molecule has 0 saturated carbocycles. The van der Waals surface area contributed by atoms with Gasteiger partial charge in [0, 0.05) is 0 Å². The summed E-state index contributed by atoms with van der Waals surface area (Å²) in [5, 5.41) is 9.95. The van der Waals surface area contributed by atoms with Crippen LogP contribution in [0.25, 0.3) is 0 Å². The number of hydrogen-bond acceptors (Lipinski definition) is 3. The summed E-state index contributed by atoms with van der Waals surface area (Å²) < 4.78 is 5.34. The van der Waals surface area contributed by atoms with Crippen LogP contribution in [-0.4, -0.2) is 37.3 Å². The van der Waals surface area contributed by atoms with Gasteiger partial charge in [0.1, 0.15) is 0 Å². The highest BCUT2D eigenvalue weighted by Crippen LogP contribution is 2.30. The molecule has 0 fully saturated rings. The first-order valence-corrected chi connectivity index (χ1v) is 5.73. The lowest BCUT2D eigenvalue weighted by Crippen LogP contribution is -2.13. The molecule has 0 unspecified atom stereocenters. The van der Waals surface area contributed by atoms with Gasteiger partial charge in [0.2, 0.25) is 0 Å². The van der Waals surface area contributed by atoms with Gasteiger partial charge in [-0.15, -0.1) is 0 Å². The molecule has 16 heavy (non-hydrogen) atoms. The van der Waals surface area contributed by atoms with Crippen LogP contribution in [0.1, 0.15) is 18.9 Å². The van der Waals surface area contributed by atoms with E-state index in [1.54, 1.807) is 6.07 Å². The second-order valence-electron chi connectivity index (χ2n) is 4.10. The molecule has 1 rings (SSSR count). The number of phenolic OH excluding ortho intramolecular Hbond substituents is 1. The third-order valence-electron chi connectivity index (χ3n) is 2.43. The normalized spacial score (nSPS) is 10.8. The quantitative estimate of drug-likeness (QED) is 0.803. The van der Waals surface area contributed by atoms with Crippen LogP contribution >= 0.6 is 0 Å². The molecule has 0 aromatic heterocycles. The topological polar surface area (TPSA) is 32.7 Å². The van der Waals surface area contributed by atoms with E-state index in [4.69, 9.17) is 4.74 Å². The summed E-state index contributed by atoms with van der Waals surface area (Å²) in [7, 11) is 4.10. The molecule has 0 aliphatic rings. The molecule has 0 atom stereocenters. The van der Waals surface area contributed by atoms with Gasteiger partial charge in [0.25, 0.3) is 0 Å². The highest BCUT2D eigenvalue weighted by atomic mass is 16.5. The van der Waals surface area contributed by atoms with E-state index in [0.29, 0.717) is 18.1 Å². The molecule has 90 valence electrons. The van der Waals surface area contributed by atoms with Crippen LogP contribution < -0.4 is 4.74 Å². The van der Waals surface area contributed by atoms with Crippen molar-refractivity contribution in [3.05, 3.63) is 23.8 Å². The maximum atomic E-state index is 9.95. The average molecular weight is 223 g/mol. The van der Waals surface area contributed by atoms with E-state index in [1.165, 1.54) is 0 Å².